The van der Waals surface area contributed by atoms with Gasteiger partial charge < -0.3 is 4.74 Å². The molecule has 1 atom stereocenters. The van der Waals surface area contributed by atoms with Crippen LogP contribution in [0.25, 0.3) is 0 Å². The molecular formula is C17H22N4O3S. The molecule has 0 aliphatic carbocycles. The lowest BCUT2D eigenvalue weighted by Crippen LogP contribution is -2.67. The first-order chi connectivity index (χ1) is 12.0. The van der Waals surface area contributed by atoms with Gasteiger partial charge in [0.15, 0.2) is 9.84 Å². The van der Waals surface area contributed by atoms with Crippen LogP contribution >= 0.6 is 0 Å². The molecule has 2 aliphatic rings. The van der Waals surface area contributed by atoms with Crippen molar-refractivity contribution >= 4 is 9.84 Å². The van der Waals surface area contributed by atoms with Gasteiger partial charge in [0.1, 0.15) is 4.75 Å². The van der Waals surface area contributed by atoms with Crippen LogP contribution in [0.2, 0.25) is 0 Å². The molecule has 2 fully saturated rings. The van der Waals surface area contributed by atoms with Crippen LogP contribution in [-0.2, 0) is 23.4 Å². The Labute approximate surface area is 147 Å². The highest BCUT2D eigenvalue weighted by Gasteiger charge is 2.61. The smallest absolute Gasteiger partial charge is 0.213 e. The normalized spacial score (nSPS) is 24.3. The molecule has 0 saturated carbocycles. The number of hydrogen-bond acceptors (Lipinski definition) is 6. The molecule has 4 rings (SSSR count). The predicted molar refractivity (Wildman–Crippen MR) is 92.8 cm³/mol. The maximum atomic E-state index is 12.7. The largest absolute Gasteiger partial charge is 0.477 e. The number of aryl methyl sites for hydroxylation is 1. The number of pyridine rings is 1. The summed E-state index contributed by atoms with van der Waals surface area (Å²) < 4.78 is 32.2. The highest BCUT2D eigenvalue weighted by molar-refractivity contribution is 7.93. The SMILES string of the molecule is Cn1cc(CN2CC3(C2)C(COc2ccccn2)CCS3(=O)=O)cn1. The topological polar surface area (TPSA) is 77.3 Å². The van der Waals surface area contributed by atoms with Crippen molar-refractivity contribution in [1.82, 2.24) is 19.7 Å². The fourth-order valence-corrected chi connectivity index (χ4v) is 6.41. The Balaban J connectivity index is 1.43. The van der Waals surface area contributed by atoms with Gasteiger partial charge in [-0.3, -0.25) is 9.58 Å². The van der Waals surface area contributed by atoms with Gasteiger partial charge in [0, 0.05) is 56.6 Å². The molecular weight excluding hydrogens is 340 g/mol. The molecule has 0 aromatic carbocycles. The van der Waals surface area contributed by atoms with E-state index < -0.39 is 14.6 Å². The molecule has 2 aromatic heterocycles. The molecule has 0 bridgehead atoms. The summed E-state index contributed by atoms with van der Waals surface area (Å²) in [5.74, 6) is 0.822. The second-order valence-corrected chi connectivity index (χ2v) is 9.47. The van der Waals surface area contributed by atoms with Crippen LogP contribution in [0.4, 0.5) is 0 Å². The van der Waals surface area contributed by atoms with Crippen LogP contribution in [0, 0.1) is 5.92 Å². The number of nitrogens with zero attached hydrogens (tertiary/aromatic N) is 4. The van der Waals surface area contributed by atoms with E-state index in [0.29, 0.717) is 32.0 Å². The number of likely N-dealkylation sites (tertiary alicyclic amines) is 1. The highest BCUT2D eigenvalue weighted by Crippen LogP contribution is 2.45. The van der Waals surface area contributed by atoms with Gasteiger partial charge in [-0.2, -0.15) is 5.10 Å². The Kier molecular flexibility index (Phi) is 4.04. The van der Waals surface area contributed by atoms with Crippen molar-refractivity contribution in [2.75, 3.05) is 25.4 Å². The Hall–Kier alpha value is -1.93. The zero-order chi connectivity index (χ0) is 17.5. The third-order valence-corrected chi connectivity index (χ3v) is 7.92. The van der Waals surface area contributed by atoms with E-state index in [1.165, 1.54) is 0 Å². The van der Waals surface area contributed by atoms with Crippen molar-refractivity contribution in [2.45, 2.75) is 17.7 Å². The van der Waals surface area contributed by atoms with E-state index in [1.807, 2.05) is 31.6 Å². The number of sulfone groups is 1. The van der Waals surface area contributed by atoms with Crippen molar-refractivity contribution in [2.24, 2.45) is 13.0 Å². The molecule has 134 valence electrons. The Bertz CT molecular complexity index is 844. The molecule has 0 N–H and O–H groups in total. The fourth-order valence-electron chi connectivity index (χ4n) is 3.96. The number of ether oxygens (including phenoxy) is 1. The first-order valence-corrected chi connectivity index (χ1v) is 10.1. The minimum Gasteiger partial charge on any atom is -0.477 e. The maximum absolute atomic E-state index is 12.7. The quantitative estimate of drug-likeness (QED) is 0.786. The summed E-state index contributed by atoms with van der Waals surface area (Å²) >= 11 is 0. The van der Waals surface area contributed by atoms with Gasteiger partial charge >= 0.3 is 0 Å². The van der Waals surface area contributed by atoms with Crippen molar-refractivity contribution < 1.29 is 13.2 Å². The highest BCUT2D eigenvalue weighted by atomic mass is 32.2. The summed E-state index contributed by atoms with van der Waals surface area (Å²) in [5.41, 5.74) is 1.11. The average Bonchev–Trinajstić information content (AvgIpc) is 3.08. The molecule has 1 spiro atoms. The zero-order valence-electron chi connectivity index (χ0n) is 14.2. The van der Waals surface area contributed by atoms with Gasteiger partial charge in [-0.25, -0.2) is 13.4 Å². The first kappa shape index (κ1) is 16.5. The van der Waals surface area contributed by atoms with E-state index in [1.54, 1.807) is 16.9 Å². The van der Waals surface area contributed by atoms with Crippen LogP contribution < -0.4 is 4.74 Å². The van der Waals surface area contributed by atoms with Gasteiger partial charge in [0.05, 0.1) is 18.6 Å². The van der Waals surface area contributed by atoms with Gasteiger partial charge in [0.25, 0.3) is 0 Å². The van der Waals surface area contributed by atoms with Crippen LogP contribution in [0.15, 0.2) is 36.8 Å². The van der Waals surface area contributed by atoms with E-state index in [-0.39, 0.29) is 11.7 Å². The molecule has 2 aliphatic heterocycles. The van der Waals surface area contributed by atoms with E-state index in [9.17, 15) is 8.42 Å². The van der Waals surface area contributed by atoms with Gasteiger partial charge in [-0.15, -0.1) is 0 Å². The Morgan fingerprint density at radius 2 is 2.20 bits per heavy atom. The van der Waals surface area contributed by atoms with Crippen LogP contribution in [0.3, 0.4) is 0 Å². The van der Waals surface area contributed by atoms with Gasteiger partial charge in [-0.05, 0) is 12.5 Å². The summed E-state index contributed by atoms with van der Waals surface area (Å²) in [6, 6.07) is 5.49. The third kappa shape index (κ3) is 2.93. The number of rotatable bonds is 5. The van der Waals surface area contributed by atoms with Crippen LogP contribution in [-0.4, -0.2) is 58.3 Å². The van der Waals surface area contributed by atoms with Crippen molar-refractivity contribution in [3.8, 4) is 5.88 Å². The molecule has 1 unspecified atom stereocenters. The van der Waals surface area contributed by atoms with Gasteiger partial charge in [-0.1, -0.05) is 6.07 Å². The monoisotopic (exact) mass is 362 g/mol. The lowest BCUT2D eigenvalue weighted by atomic mass is 9.83. The van der Waals surface area contributed by atoms with E-state index >= 15 is 0 Å². The number of aromatic nitrogens is 3. The lowest BCUT2D eigenvalue weighted by Gasteiger charge is -2.49. The first-order valence-electron chi connectivity index (χ1n) is 8.44. The summed E-state index contributed by atoms with van der Waals surface area (Å²) in [7, 11) is -1.20. The second kappa shape index (κ2) is 6.10. The predicted octanol–water partition coefficient (Wildman–Crippen LogP) is 0.883. The van der Waals surface area contributed by atoms with Gasteiger partial charge in [0.2, 0.25) is 5.88 Å². The lowest BCUT2D eigenvalue weighted by molar-refractivity contribution is 0.0581. The summed E-state index contributed by atoms with van der Waals surface area (Å²) in [4.78, 5) is 6.32. The molecule has 4 heterocycles. The van der Waals surface area contributed by atoms with Crippen LogP contribution in [0.5, 0.6) is 5.88 Å². The number of hydrogen-bond donors (Lipinski definition) is 0. The molecule has 2 saturated heterocycles. The molecule has 2 aromatic rings. The Morgan fingerprint density at radius 1 is 1.36 bits per heavy atom. The summed E-state index contributed by atoms with van der Waals surface area (Å²) in [6.45, 7) is 2.27. The molecule has 0 radical (unpaired) electrons. The summed E-state index contributed by atoms with van der Waals surface area (Å²) in [6.07, 6.45) is 6.14. The molecule has 7 nitrogen and oxygen atoms in total. The van der Waals surface area contributed by atoms with E-state index in [2.05, 4.69) is 15.0 Å². The minimum atomic E-state index is -3.09. The average molecular weight is 362 g/mol. The molecule has 25 heavy (non-hydrogen) atoms. The Morgan fingerprint density at radius 3 is 2.88 bits per heavy atom. The zero-order valence-corrected chi connectivity index (χ0v) is 15.0. The second-order valence-electron chi connectivity index (χ2n) is 7.02. The maximum Gasteiger partial charge on any atom is 0.213 e. The van der Waals surface area contributed by atoms with Crippen molar-refractivity contribution in [1.29, 1.82) is 0 Å². The van der Waals surface area contributed by atoms with Crippen molar-refractivity contribution in [3.63, 3.8) is 0 Å². The molecule has 8 heteroatoms. The van der Waals surface area contributed by atoms with E-state index in [0.717, 1.165) is 12.1 Å². The van der Waals surface area contributed by atoms with E-state index in [4.69, 9.17) is 4.74 Å². The van der Waals surface area contributed by atoms with Crippen molar-refractivity contribution in [3.05, 3.63) is 42.4 Å². The third-order valence-electron chi connectivity index (χ3n) is 5.32. The minimum absolute atomic E-state index is 0.0182. The standard InChI is InChI=1S/C17H22N4O3S/c1-20-9-14(8-19-20)10-21-12-17(13-21)15(5-7-25(17,22)23)11-24-16-4-2-3-6-18-16/h2-4,6,8-9,15H,5,7,10-13H2,1H3. The summed E-state index contributed by atoms with van der Waals surface area (Å²) in [5, 5.41) is 4.17. The fraction of sp³-hybridized carbons (Fsp3) is 0.529. The molecule has 0 amide bonds. The van der Waals surface area contributed by atoms with Crippen LogP contribution in [0.1, 0.15) is 12.0 Å².